The number of rotatable bonds is 5. The predicted molar refractivity (Wildman–Crippen MR) is 102 cm³/mol. The number of carbonyl (C=O) groups is 2. The number of pyridine rings is 1. The first-order valence-electron chi connectivity index (χ1n) is 9.24. The standard InChI is InChI=1S/C20H21F3N4O2/c21-20(22,23)15-4-3-5-16(12-15)25-13-18(28)27-10-7-14(8-11-27)19(29)26-17-6-1-2-9-24-17/h1-6,9,12,14,25H,7-8,10-11,13H2,(H,24,26,29). The predicted octanol–water partition coefficient (Wildman–Crippen LogP) is 3.39. The van der Waals surface area contributed by atoms with E-state index >= 15 is 0 Å². The molecule has 0 bridgehead atoms. The average molecular weight is 406 g/mol. The zero-order chi connectivity index (χ0) is 20.9. The molecule has 29 heavy (non-hydrogen) atoms. The van der Waals surface area contributed by atoms with Gasteiger partial charge in [-0.05, 0) is 43.2 Å². The molecule has 0 atom stereocenters. The Hall–Kier alpha value is -3.10. The van der Waals surface area contributed by atoms with E-state index in [1.165, 1.54) is 12.1 Å². The maximum absolute atomic E-state index is 12.8. The van der Waals surface area contributed by atoms with E-state index in [1.807, 2.05) is 0 Å². The second-order valence-corrected chi connectivity index (χ2v) is 6.79. The number of amides is 2. The van der Waals surface area contributed by atoms with Crippen LogP contribution < -0.4 is 10.6 Å². The Morgan fingerprint density at radius 3 is 2.52 bits per heavy atom. The molecule has 1 saturated heterocycles. The van der Waals surface area contributed by atoms with Gasteiger partial charge >= 0.3 is 6.18 Å². The van der Waals surface area contributed by atoms with Crippen LogP contribution in [0.4, 0.5) is 24.7 Å². The molecule has 3 rings (SSSR count). The average Bonchev–Trinajstić information content (AvgIpc) is 2.72. The van der Waals surface area contributed by atoms with Crippen molar-refractivity contribution in [3.05, 3.63) is 54.2 Å². The van der Waals surface area contributed by atoms with Gasteiger partial charge in [0.15, 0.2) is 0 Å². The van der Waals surface area contributed by atoms with Gasteiger partial charge in [0.05, 0.1) is 12.1 Å². The molecule has 0 aliphatic carbocycles. The molecular weight excluding hydrogens is 385 g/mol. The van der Waals surface area contributed by atoms with Crippen molar-refractivity contribution in [1.82, 2.24) is 9.88 Å². The summed E-state index contributed by atoms with van der Waals surface area (Å²) in [5, 5.41) is 5.50. The highest BCUT2D eigenvalue weighted by molar-refractivity contribution is 5.92. The Morgan fingerprint density at radius 2 is 1.86 bits per heavy atom. The van der Waals surface area contributed by atoms with Gasteiger partial charge in [-0.25, -0.2) is 4.98 Å². The number of benzene rings is 1. The number of halogens is 3. The number of alkyl halides is 3. The van der Waals surface area contributed by atoms with Crippen LogP contribution in [0.3, 0.4) is 0 Å². The number of hydrogen-bond donors (Lipinski definition) is 2. The van der Waals surface area contributed by atoms with Crippen molar-refractivity contribution in [2.24, 2.45) is 5.92 Å². The second kappa shape index (κ2) is 8.93. The van der Waals surface area contributed by atoms with Crippen molar-refractivity contribution in [1.29, 1.82) is 0 Å². The van der Waals surface area contributed by atoms with Gasteiger partial charge in [0, 0.05) is 30.9 Å². The maximum Gasteiger partial charge on any atom is 0.416 e. The summed E-state index contributed by atoms with van der Waals surface area (Å²) in [6, 6.07) is 9.97. The minimum atomic E-state index is -4.43. The number of hydrogen-bond acceptors (Lipinski definition) is 4. The van der Waals surface area contributed by atoms with Crippen LogP contribution in [-0.2, 0) is 15.8 Å². The summed E-state index contributed by atoms with van der Waals surface area (Å²) < 4.78 is 38.3. The maximum atomic E-state index is 12.8. The van der Waals surface area contributed by atoms with Gasteiger partial charge in [-0.1, -0.05) is 12.1 Å². The van der Waals surface area contributed by atoms with Gasteiger partial charge in [-0.15, -0.1) is 0 Å². The van der Waals surface area contributed by atoms with Gasteiger partial charge in [0.2, 0.25) is 11.8 Å². The van der Waals surface area contributed by atoms with Crippen molar-refractivity contribution >= 4 is 23.3 Å². The molecule has 1 fully saturated rings. The Kier molecular flexibility index (Phi) is 6.36. The lowest BCUT2D eigenvalue weighted by Gasteiger charge is -2.31. The van der Waals surface area contributed by atoms with E-state index in [0.29, 0.717) is 31.7 Å². The molecule has 9 heteroatoms. The van der Waals surface area contributed by atoms with Gasteiger partial charge in [-0.3, -0.25) is 9.59 Å². The fraction of sp³-hybridized carbons (Fsp3) is 0.350. The van der Waals surface area contributed by atoms with E-state index in [0.717, 1.165) is 12.1 Å². The van der Waals surface area contributed by atoms with Crippen LogP contribution in [0, 0.1) is 5.92 Å². The first kappa shape index (κ1) is 20.6. The highest BCUT2D eigenvalue weighted by Crippen LogP contribution is 2.30. The normalized spacial score (nSPS) is 15.1. The monoisotopic (exact) mass is 406 g/mol. The quantitative estimate of drug-likeness (QED) is 0.798. The molecule has 0 saturated carbocycles. The summed E-state index contributed by atoms with van der Waals surface area (Å²) >= 11 is 0. The van der Waals surface area contributed by atoms with Crippen molar-refractivity contribution in [2.75, 3.05) is 30.3 Å². The Morgan fingerprint density at radius 1 is 1.10 bits per heavy atom. The van der Waals surface area contributed by atoms with Gasteiger partial charge in [0.25, 0.3) is 0 Å². The first-order valence-corrected chi connectivity index (χ1v) is 9.24. The van der Waals surface area contributed by atoms with Crippen molar-refractivity contribution in [3.8, 4) is 0 Å². The Balaban J connectivity index is 1.46. The molecule has 1 aromatic carbocycles. The van der Waals surface area contributed by atoms with E-state index in [9.17, 15) is 22.8 Å². The fourth-order valence-corrected chi connectivity index (χ4v) is 3.15. The second-order valence-electron chi connectivity index (χ2n) is 6.79. The number of likely N-dealkylation sites (tertiary alicyclic amines) is 1. The van der Waals surface area contributed by atoms with E-state index in [-0.39, 0.29) is 30.0 Å². The largest absolute Gasteiger partial charge is 0.416 e. The lowest BCUT2D eigenvalue weighted by Crippen LogP contribution is -2.43. The van der Waals surface area contributed by atoms with Crippen LogP contribution in [0.15, 0.2) is 48.7 Å². The van der Waals surface area contributed by atoms with E-state index < -0.39 is 11.7 Å². The molecule has 1 aliphatic heterocycles. The van der Waals surface area contributed by atoms with Crippen LogP contribution in [0.2, 0.25) is 0 Å². The third kappa shape index (κ3) is 5.69. The topological polar surface area (TPSA) is 74.3 Å². The summed E-state index contributed by atoms with van der Waals surface area (Å²) in [6.45, 7) is 0.735. The smallest absolute Gasteiger partial charge is 0.376 e. The number of carbonyl (C=O) groups excluding carboxylic acids is 2. The number of aromatic nitrogens is 1. The zero-order valence-corrected chi connectivity index (χ0v) is 15.6. The van der Waals surface area contributed by atoms with Crippen molar-refractivity contribution in [3.63, 3.8) is 0 Å². The number of nitrogens with one attached hydrogen (secondary N) is 2. The highest BCUT2D eigenvalue weighted by atomic mass is 19.4. The molecule has 0 unspecified atom stereocenters. The van der Waals surface area contributed by atoms with Crippen LogP contribution >= 0.6 is 0 Å². The van der Waals surface area contributed by atoms with Crippen molar-refractivity contribution in [2.45, 2.75) is 19.0 Å². The van der Waals surface area contributed by atoms with E-state index in [2.05, 4.69) is 15.6 Å². The third-order valence-electron chi connectivity index (χ3n) is 4.77. The Labute approximate surface area is 166 Å². The first-order chi connectivity index (χ1) is 13.8. The highest BCUT2D eigenvalue weighted by Gasteiger charge is 2.30. The van der Waals surface area contributed by atoms with Gasteiger partial charge < -0.3 is 15.5 Å². The van der Waals surface area contributed by atoms with E-state index in [1.54, 1.807) is 29.3 Å². The molecular formula is C20H21F3N4O2. The SMILES string of the molecule is O=C(Nc1ccccn1)C1CCN(C(=O)CNc2cccc(C(F)(F)F)c2)CC1. The molecule has 2 amide bonds. The molecule has 2 heterocycles. The number of piperidine rings is 1. The summed E-state index contributed by atoms with van der Waals surface area (Å²) in [7, 11) is 0. The molecule has 2 N–H and O–H groups in total. The molecule has 6 nitrogen and oxygen atoms in total. The van der Waals surface area contributed by atoms with E-state index in [4.69, 9.17) is 0 Å². The zero-order valence-electron chi connectivity index (χ0n) is 15.6. The summed E-state index contributed by atoms with van der Waals surface area (Å²) in [4.78, 5) is 30.3. The molecule has 1 aromatic heterocycles. The molecule has 0 spiro atoms. The lowest BCUT2D eigenvalue weighted by molar-refractivity contribution is -0.137. The summed E-state index contributed by atoms with van der Waals surface area (Å²) in [5.74, 6) is -0.0670. The summed E-state index contributed by atoms with van der Waals surface area (Å²) in [5.41, 5.74) is -0.535. The van der Waals surface area contributed by atoms with Crippen LogP contribution in [0.1, 0.15) is 18.4 Å². The number of anilines is 2. The Bertz CT molecular complexity index is 850. The number of nitrogens with zero attached hydrogens (tertiary/aromatic N) is 2. The van der Waals surface area contributed by atoms with Crippen molar-refractivity contribution < 1.29 is 22.8 Å². The van der Waals surface area contributed by atoms with Gasteiger partial charge in [0.1, 0.15) is 5.82 Å². The minimum absolute atomic E-state index is 0.105. The molecule has 0 radical (unpaired) electrons. The summed E-state index contributed by atoms with van der Waals surface area (Å²) in [6.07, 6.45) is -1.80. The molecule has 154 valence electrons. The van der Waals surface area contributed by atoms with Gasteiger partial charge in [-0.2, -0.15) is 13.2 Å². The van der Waals surface area contributed by atoms with Crippen LogP contribution in [-0.4, -0.2) is 41.3 Å². The fourth-order valence-electron chi connectivity index (χ4n) is 3.15. The lowest BCUT2D eigenvalue weighted by atomic mass is 9.96. The third-order valence-corrected chi connectivity index (χ3v) is 4.77. The van der Waals surface area contributed by atoms with Crippen LogP contribution in [0.5, 0.6) is 0 Å². The molecule has 2 aromatic rings. The van der Waals surface area contributed by atoms with Crippen LogP contribution in [0.25, 0.3) is 0 Å². The molecule has 1 aliphatic rings. The minimum Gasteiger partial charge on any atom is -0.376 e.